The van der Waals surface area contributed by atoms with E-state index >= 15 is 0 Å². The summed E-state index contributed by atoms with van der Waals surface area (Å²) in [6, 6.07) is 20.9. The van der Waals surface area contributed by atoms with E-state index in [9.17, 15) is 14.7 Å². The number of carbonyl (C=O) groups is 2. The monoisotopic (exact) mass is 526 g/mol. The van der Waals surface area contributed by atoms with Crippen LogP contribution in [0.4, 0.5) is 11.4 Å². The van der Waals surface area contributed by atoms with Crippen molar-refractivity contribution in [2.75, 3.05) is 37.9 Å². The van der Waals surface area contributed by atoms with Crippen molar-refractivity contribution in [3.05, 3.63) is 94.5 Å². The zero-order valence-electron chi connectivity index (χ0n) is 22.5. The van der Waals surface area contributed by atoms with Crippen LogP contribution in [0.25, 0.3) is 11.3 Å². The van der Waals surface area contributed by atoms with Crippen LogP contribution in [0.2, 0.25) is 0 Å². The summed E-state index contributed by atoms with van der Waals surface area (Å²) < 4.78 is 4.92. The number of aryl methyl sites for hydroxylation is 1. The average molecular weight is 527 g/mol. The largest absolute Gasteiger partial charge is 0.465 e. The molecule has 0 saturated carbocycles. The van der Waals surface area contributed by atoms with Crippen LogP contribution in [0.15, 0.2) is 66.7 Å². The summed E-state index contributed by atoms with van der Waals surface area (Å²) in [5.74, 6) is -0.496. The van der Waals surface area contributed by atoms with Crippen LogP contribution in [0, 0.1) is 6.92 Å². The van der Waals surface area contributed by atoms with E-state index in [-0.39, 0.29) is 11.9 Å². The molecule has 0 radical (unpaired) electrons. The maximum absolute atomic E-state index is 12.8. The number of rotatable bonds is 6. The highest BCUT2D eigenvalue weighted by atomic mass is 16.5. The van der Waals surface area contributed by atoms with E-state index in [0.717, 1.165) is 54.0 Å². The van der Waals surface area contributed by atoms with E-state index in [1.807, 2.05) is 67.6 Å². The van der Waals surface area contributed by atoms with Gasteiger partial charge < -0.3 is 30.7 Å². The highest BCUT2D eigenvalue weighted by Crippen LogP contribution is 2.41. The van der Waals surface area contributed by atoms with Crippen LogP contribution in [0.3, 0.4) is 0 Å². The van der Waals surface area contributed by atoms with Gasteiger partial charge in [0.15, 0.2) is 6.23 Å². The Labute approximate surface area is 228 Å². The standard InChI is InChI=1S/C31H34N4O4/c1-19-17-25-26(18-24(19)31(38)39-3)34-30(37)27(25)28(20-7-5-4-6-8-20)32-22-11-9-21(10-12-22)29(36)33-23-13-15-35(2)16-14-23/h4-12,17-18,23,30,32,34,37H,13-16H2,1-3H3,(H,33,36)/b28-27-. The number of likely N-dealkylation sites (tertiary alicyclic amines) is 1. The Morgan fingerprint density at radius 1 is 1.00 bits per heavy atom. The van der Waals surface area contributed by atoms with Gasteiger partial charge in [-0.3, -0.25) is 4.79 Å². The first-order valence-corrected chi connectivity index (χ1v) is 13.2. The molecule has 3 aromatic rings. The Bertz CT molecular complexity index is 1390. The fourth-order valence-electron chi connectivity index (χ4n) is 5.19. The molecule has 2 aliphatic heterocycles. The molecule has 1 fully saturated rings. The number of fused-ring (bicyclic) bond motifs is 1. The second kappa shape index (κ2) is 11.3. The van der Waals surface area contributed by atoms with Gasteiger partial charge >= 0.3 is 5.97 Å². The number of aliphatic hydroxyl groups excluding tert-OH is 1. The number of benzene rings is 3. The number of ether oxygens (including phenoxy) is 1. The molecule has 1 atom stereocenters. The van der Waals surface area contributed by atoms with Crippen LogP contribution in [-0.4, -0.2) is 61.4 Å². The molecule has 1 saturated heterocycles. The summed E-state index contributed by atoms with van der Waals surface area (Å²) in [5.41, 5.74) is 6.31. The number of hydrogen-bond acceptors (Lipinski definition) is 7. The maximum atomic E-state index is 12.8. The smallest absolute Gasteiger partial charge is 0.338 e. The van der Waals surface area contributed by atoms with E-state index in [2.05, 4.69) is 27.9 Å². The van der Waals surface area contributed by atoms with Crippen molar-refractivity contribution in [2.45, 2.75) is 32.0 Å². The quantitative estimate of drug-likeness (QED) is 0.355. The molecule has 2 aliphatic rings. The second-order valence-corrected chi connectivity index (χ2v) is 10.2. The number of carbonyl (C=O) groups excluding carboxylic acids is 2. The second-order valence-electron chi connectivity index (χ2n) is 10.2. The van der Waals surface area contributed by atoms with Crippen LogP contribution in [0.1, 0.15) is 50.2 Å². The van der Waals surface area contributed by atoms with Crippen molar-refractivity contribution >= 4 is 34.5 Å². The van der Waals surface area contributed by atoms with Crippen LogP contribution >= 0.6 is 0 Å². The van der Waals surface area contributed by atoms with Crippen LogP contribution in [-0.2, 0) is 4.74 Å². The van der Waals surface area contributed by atoms with Gasteiger partial charge in [0.2, 0.25) is 0 Å². The molecule has 3 aromatic carbocycles. The van der Waals surface area contributed by atoms with E-state index in [4.69, 9.17) is 4.74 Å². The predicted molar refractivity (Wildman–Crippen MR) is 153 cm³/mol. The van der Waals surface area contributed by atoms with Crippen molar-refractivity contribution in [1.82, 2.24) is 10.2 Å². The molecule has 4 N–H and O–H groups in total. The van der Waals surface area contributed by atoms with Gasteiger partial charge in [-0.25, -0.2) is 4.79 Å². The van der Waals surface area contributed by atoms with Gasteiger partial charge in [-0.1, -0.05) is 30.3 Å². The molecule has 5 rings (SSSR count). The van der Waals surface area contributed by atoms with Crippen molar-refractivity contribution in [3.8, 4) is 0 Å². The summed E-state index contributed by atoms with van der Waals surface area (Å²) in [5, 5.41) is 20.8. The van der Waals surface area contributed by atoms with Crippen molar-refractivity contribution < 1.29 is 19.4 Å². The maximum Gasteiger partial charge on any atom is 0.338 e. The van der Waals surface area contributed by atoms with E-state index in [0.29, 0.717) is 22.4 Å². The number of anilines is 2. The molecule has 202 valence electrons. The highest BCUT2D eigenvalue weighted by molar-refractivity contribution is 6.05. The molecule has 0 bridgehead atoms. The van der Waals surface area contributed by atoms with Gasteiger partial charge in [0.25, 0.3) is 5.91 Å². The normalized spacial score (nSPS) is 18.6. The number of methoxy groups -OCH3 is 1. The summed E-state index contributed by atoms with van der Waals surface area (Å²) in [7, 11) is 3.45. The fourth-order valence-corrected chi connectivity index (χ4v) is 5.19. The van der Waals surface area contributed by atoms with Gasteiger partial charge in [0.1, 0.15) is 0 Å². The Kier molecular flexibility index (Phi) is 7.67. The van der Waals surface area contributed by atoms with Gasteiger partial charge in [0.05, 0.1) is 18.4 Å². The summed E-state index contributed by atoms with van der Waals surface area (Å²) in [6.07, 6.45) is 0.914. The minimum atomic E-state index is -0.991. The number of amides is 1. The Morgan fingerprint density at radius 2 is 1.69 bits per heavy atom. The predicted octanol–water partition coefficient (Wildman–Crippen LogP) is 4.33. The molecule has 0 spiro atoms. The Hall–Kier alpha value is -4.14. The highest BCUT2D eigenvalue weighted by Gasteiger charge is 2.30. The molecular formula is C31H34N4O4. The Balaban J connectivity index is 1.45. The molecule has 2 heterocycles. The lowest BCUT2D eigenvalue weighted by molar-refractivity contribution is 0.0599. The topological polar surface area (TPSA) is 103 Å². The summed E-state index contributed by atoms with van der Waals surface area (Å²) in [4.78, 5) is 27.3. The van der Waals surface area contributed by atoms with E-state index in [1.54, 1.807) is 6.07 Å². The molecule has 39 heavy (non-hydrogen) atoms. The van der Waals surface area contributed by atoms with E-state index < -0.39 is 12.2 Å². The molecule has 0 aromatic heterocycles. The molecule has 1 amide bonds. The lowest BCUT2D eigenvalue weighted by atomic mass is 9.96. The van der Waals surface area contributed by atoms with Crippen molar-refractivity contribution in [2.24, 2.45) is 0 Å². The lowest BCUT2D eigenvalue weighted by Gasteiger charge is -2.29. The van der Waals surface area contributed by atoms with E-state index in [1.165, 1.54) is 7.11 Å². The molecule has 8 heteroatoms. The molecule has 1 unspecified atom stereocenters. The molecule has 0 aliphatic carbocycles. The van der Waals surface area contributed by atoms with Crippen LogP contribution < -0.4 is 16.0 Å². The molecule has 8 nitrogen and oxygen atoms in total. The minimum absolute atomic E-state index is 0.0704. The third-order valence-electron chi connectivity index (χ3n) is 7.43. The number of esters is 1. The number of hydrogen-bond donors (Lipinski definition) is 4. The third-order valence-corrected chi connectivity index (χ3v) is 7.43. The molecular weight excluding hydrogens is 492 g/mol. The first-order chi connectivity index (χ1) is 18.8. The number of nitrogens with one attached hydrogen (secondary N) is 3. The van der Waals surface area contributed by atoms with Gasteiger partial charge in [-0.2, -0.15) is 0 Å². The van der Waals surface area contributed by atoms with Gasteiger partial charge in [-0.05, 0) is 87.4 Å². The number of piperidine rings is 1. The van der Waals surface area contributed by atoms with Crippen molar-refractivity contribution in [1.29, 1.82) is 0 Å². The Morgan fingerprint density at radius 3 is 2.36 bits per heavy atom. The fraction of sp³-hybridized carbons (Fsp3) is 0.290. The summed E-state index contributed by atoms with van der Waals surface area (Å²) >= 11 is 0. The van der Waals surface area contributed by atoms with Crippen molar-refractivity contribution in [3.63, 3.8) is 0 Å². The first kappa shape index (κ1) is 26.5. The SMILES string of the molecule is COC(=O)c1cc2c(cc1C)/C(=C(/Nc1ccc(C(=O)NC3CCN(C)CC3)cc1)c1ccccc1)C(O)N2. The lowest BCUT2D eigenvalue weighted by Crippen LogP contribution is -2.43. The number of aliphatic hydroxyl groups is 1. The zero-order chi connectivity index (χ0) is 27.5. The first-order valence-electron chi connectivity index (χ1n) is 13.2. The van der Waals surface area contributed by atoms with Gasteiger partial charge in [-0.15, -0.1) is 0 Å². The number of nitrogens with zero attached hydrogens (tertiary/aromatic N) is 1. The summed E-state index contributed by atoms with van der Waals surface area (Å²) in [6.45, 7) is 3.82. The van der Waals surface area contributed by atoms with Crippen LogP contribution in [0.5, 0.6) is 0 Å². The third kappa shape index (κ3) is 5.67. The van der Waals surface area contributed by atoms with Gasteiger partial charge in [0, 0.05) is 34.1 Å². The minimum Gasteiger partial charge on any atom is -0.465 e. The average Bonchev–Trinajstić information content (AvgIpc) is 3.27. The zero-order valence-corrected chi connectivity index (χ0v) is 22.5.